The standard InChI is InChI=1S/C29H26Cl2F2N2O8S2/c30-21-13-34-14-22(31)20(21)12-24(17-6-7-23(43-29(32)33)25(11-17)41-15-16-4-5-16)42-28(38)26-35(8-9-44-26)45(39,40)19-3-1-2-18(10-19)27(36)37/h1-3,6-7,10-11,13-14,16,24,26,29H,4-5,8-9,12,15H2,(H,36,37)/t24-,26-/m0/s1. The average molecular weight is 704 g/mol. The highest BCUT2D eigenvalue weighted by Gasteiger charge is 2.42. The summed E-state index contributed by atoms with van der Waals surface area (Å²) in [4.78, 5) is 28.8. The number of pyridine rings is 1. The molecule has 10 nitrogen and oxygen atoms in total. The van der Waals surface area contributed by atoms with Crippen LogP contribution in [0.2, 0.25) is 10.0 Å². The van der Waals surface area contributed by atoms with Crippen LogP contribution in [-0.2, 0) is 26.0 Å². The van der Waals surface area contributed by atoms with Gasteiger partial charge in [0.1, 0.15) is 6.10 Å². The number of sulfonamides is 1. The molecule has 45 heavy (non-hydrogen) atoms. The summed E-state index contributed by atoms with van der Waals surface area (Å²) in [7, 11) is -4.30. The number of esters is 1. The molecule has 2 aromatic carbocycles. The highest BCUT2D eigenvalue weighted by atomic mass is 35.5. The molecule has 16 heteroatoms. The zero-order valence-corrected chi connectivity index (χ0v) is 26.4. The van der Waals surface area contributed by atoms with Gasteiger partial charge in [-0.1, -0.05) is 35.3 Å². The molecule has 3 aromatic rings. The van der Waals surface area contributed by atoms with Crippen LogP contribution >= 0.6 is 35.0 Å². The van der Waals surface area contributed by atoms with Crippen LogP contribution in [0, 0.1) is 5.92 Å². The fourth-order valence-electron chi connectivity index (χ4n) is 4.58. The largest absolute Gasteiger partial charge is 0.489 e. The molecule has 0 unspecified atom stereocenters. The van der Waals surface area contributed by atoms with Crippen molar-refractivity contribution in [2.75, 3.05) is 18.9 Å². The molecule has 0 radical (unpaired) electrons. The first-order valence-corrected chi connectivity index (χ1v) is 16.8. The number of thioether (sulfide) groups is 1. The summed E-state index contributed by atoms with van der Waals surface area (Å²) >= 11 is 13.8. The Labute approximate surface area is 271 Å². The first-order chi connectivity index (χ1) is 21.4. The second kappa shape index (κ2) is 14.1. The fraction of sp³-hybridized carbons (Fsp3) is 0.345. The van der Waals surface area contributed by atoms with Crippen molar-refractivity contribution in [3.63, 3.8) is 0 Å². The third-order valence-electron chi connectivity index (χ3n) is 7.07. The van der Waals surface area contributed by atoms with Crippen LogP contribution in [0.25, 0.3) is 0 Å². The van der Waals surface area contributed by atoms with Gasteiger partial charge in [0, 0.05) is 31.1 Å². The zero-order valence-electron chi connectivity index (χ0n) is 23.3. The number of aromatic carboxylic acids is 1. The van der Waals surface area contributed by atoms with Crippen LogP contribution in [0.4, 0.5) is 8.78 Å². The molecule has 1 saturated heterocycles. The molecule has 0 spiro atoms. The van der Waals surface area contributed by atoms with Crippen molar-refractivity contribution in [1.82, 2.24) is 9.29 Å². The molecule has 0 bridgehead atoms. The number of ether oxygens (including phenoxy) is 3. The van der Waals surface area contributed by atoms with E-state index in [9.17, 15) is 31.9 Å². The van der Waals surface area contributed by atoms with Crippen molar-refractivity contribution >= 4 is 56.9 Å². The van der Waals surface area contributed by atoms with Crippen LogP contribution in [0.3, 0.4) is 0 Å². The average Bonchev–Trinajstić information content (AvgIpc) is 3.69. The molecule has 1 aliphatic heterocycles. The van der Waals surface area contributed by atoms with E-state index in [0.717, 1.165) is 35.0 Å². The van der Waals surface area contributed by atoms with Crippen molar-refractivity contribution in [2.24, 2.45) is 5.92 Å². The Morgan fingerprint density at radius 3 is 2.49 bits per heavy atom. The van der Waals surface area contributed by atoms with E-state index in [-0.39, 0.29) is 57.3 Å². The van der Waals surface area contributed by atoms with Gasteiger partial charge in [0.05, 0.1) is 27.1 Å². The Bertz CT molecular complexity index is 1670. The van der Waals surface area contributed by atoms with Gasteiger partial charge in [0.15, 0.2) is 16.9 Å². The molecular weight excluding hydrogens is 677 g/mol. The smallest absolute Gasteiger partial charge is 0.387 e. The predicted molar refractivity (Wildman–Crippen MR) is 162 cm³/mol. The zero-order chi connectivity index (χ0) is 32.3. The predicted octanol–water partition coefficient (Wildman–Crippen LogP) is 6.07. The third kappa shape index (κ3) is 7.98. The number of halogens is 4. The number of benzene rings is 2. The molecule has 5 rings (SSSR count). The van der Waals surface area contributed by atoms with E-state index < -0.39 is 40.1 Å². The fourth-order valence-corrected chi connectivity index (χ4v) is 8.19. The highest BCUT2D eigenvalue weighted by Crippen LogP contribution is 2.39. The minimum Gasteiger partial charge on any atom is -0.489 e. The summed E-state index contributed by atoms with van der Waals surface area (Å²) in [5, 5.41) is 8.39. The van der Waals surface area contributed by atoms with E-state index in [1.165, 1.54) is 48.8 Å². The van der Waals surface area contributed by atoms with E-state index in [1.54, 1.807) is 0 Å². The summed E-state index contributed by atoms with van der Waals surface area (Å²) in [5.74, 6) is -1.84. The van der Waals surface area contributed by atoms with Crippen molar-refractivity contribution in [3.05, 3.63) is 81.6 Å². The first-order valence-electron chi connectivity index (χ1n) is 13.6. The number of carbonyl (C=O) groups is 2. The Kier molecular flexibility index (Phi) is 10.4. The van der Waals surface area contributed by atoms with Gasteiger partial charge in [-0.2, -0.15) is 13.1 Å². The summed E-state index contributed by atoms with van der Waals surface area (Å²) in [6.07, 6.45) is 3.41. The number of carboxylic acids is 1. The summed E-state index contributed by atoms with van der Waals surface area (Å²) in [6, 6.07) is 8.95. The van der Waals surface area contributed by atoms with Crippen molar-refractivity contribution in [1.29, 1.82) is 0 Å². The molecule has 0 amide bonds. The van der Waals surface area contributed by atoms with E-state index in [2.05, 4.69) is 9.72 Å². The Morgan fingerprint density at radius 1 is 1.09 bits per heavy atom. The summed E-state index contributed by atoms with van der Waals surface area (Å²) < 4.78 is 70.7. The molecule has 2 fully saturated rings. The number of carboxylic acid groups (broad SMARTS) is 1. The number of rotatable bonds is 13. The number of hydrogen-bond acceptors (Lipinski definition) is 9. The van der Waals surface area contributed by atoms with Crippen molar-refractivity contribution in [2.45, 2.75) is 42.2 Å². The molecular formula is C29H26Cl2F2N2O8S2. The van der Waals surface area contributed by atoms with Crippen LogP contribution in [0.15, 0.2) is 59.8 Å². The SMILES string of the molecule is O=C(O)c1cccc(S(=O)(=O)N2CCS[C@H]2C(=O)O[C@@H](Cc2c(Cl)cncc2Cl)c2ccc(OC(F)F)c(OCC3CC3)c2)c1. The molecule has 1 N–H and O–H groups in total. The van der Waals surface area contributed by atoms with Gasteiger partial charge in [0.2, 0.25) is 10.0 Å². The molecule has 2 heterocycles. The molecule has 240 valence electrons. The Morgan fingerprint density at radius 2 is 1.82 bits per heavy atom. The van der Waals surface area contributed by atoms with Gasteiger partial charge in [0.25, 0.3) is 0 Å². The lowest BCUT2D eigenvalue weighted by molar-refractivity contribution is -0.150. The van der Waals surface area contributed by atoms with Gasteiger partial charge < -0.3 is 19.3 Å². The quantitative estimate of drug-likeness (QED) is 0.209. The van der Waals surface area contributed by atoms with Gasteiger partial charge in [-0.15, -0.1) is 11.8 Å². The number of alkyl halides is 2. The van der Waals surface area contributed by atoms with Gasteiger partial charge in [-0.3, -0.25) is 4.98 Å². The van der Waals surface area contributed by atoms with Gasteiger partial charge >= 0.3 is 18.6 Å². The minimum atomic E-state index is -4.30. The highest BCUT2D eigenvalue weighted by molar-refractivity contribution is 8.02. The van der Waals surface area contributed by atoms with Crippen LogP contribution in [-0.4, -0.2) is 65.6 Å². The number of nitrogens with zero attached hydrogens (tertiary/aromatic N) is 2. The van der Waals surface area contributed by atoms with Gasteiger partial charge in [-0.05, 0) is 60.2 Å². The number of hydrogen-bond donors (Lipinski definition) is 1. The maximum absolute atomic E-state index is 13.7. The lowest BCUT2D eigenvalue weighted by Crippen LogP contribution is -2.40. The molecule has 1 saturated carbocycles. The molecule has 2 aliphatic rings. The number of aromatic nitrogens is 1. The monoisotopic (exact) mass is 702 g/mol. The molecule has 2 atom stereocenters. The minimum absolute atomic E-state index is 0.0189. The number of carbonyl (C=O) groups excluding carboxylic acids is 1. The van der Waals surface area contributed by atoms with E-state index in [1.807, 2.05) is 0 Å². The third-order valence-corrected chi connectivity index (χ3v) is 10.9. The normalized spacial score (nSPS) is 17.7. The van der Waals surface area contributed by atoms with Crippen LogP contribution < -0.4 is 9.47 Å². The first kappa shape index (κ1) is 33.2. The van der Waals surface area contributed by atoms with E-state index in [0.29, 0.717) is 17.0 Å². The Balaban J connectivity index is 1.46. The lowest BCUT2D eigenvalue weighted by atomic mass is 10.0. The maximum atomic E-state index is 13.7. The molecule has 1 aliphatic carbocycles. The van der Waals surface area contributed by atoms with Crippen molar-refractivity contribution in [3.8, 4) is 11.5 Å². The molecule has 1 aromatic heterocycles. The van der Waals surface area contributed by atoms with Crippen LogP contribution in [0.5, 0.6) is 11.5 Å². The second-order valence-corrected chi connectivity index (χ2v) is 14.1. The van der Waals surface area contributed by atoms with E-state index >= 15 is 0 Å². The van der Waals surface area contributed by atoms with E-state index in [4.69, 9.17) is 32.7 Å². The summed E-state index contributed by atoms with van der Waals surface area (Å²) in [6.45, 7) is -2.86. The Hall–Kier alpha value is -3.17. The topological polar surface area (TPSA) is 132 Å². The lowest BCUT2D eigenvalue weighted by Gasteiger charge is -2.26. The van der Waals surface area contributed by atoms with Gasteiger partial charge in [-0.25, -0.2) is 18.0 Å². The second-order valence-electron chi connectivity index (χ2n) is 10.2. The van der Waals surface area contributed by atoms with Crippen molar-refractivity contribution < 1.29 is 46.1 Å². The summed E-state index contributed by atoms with van der Waals surface area (Å²) in [5.41, 5.74) is 0.479. The maximum Gasteiger partial charge on any atom is 0.387 e. The van der Waals surface area contributed by atoms with Crippen LogP contribution in [0.1, 0.15) is 40.4 Å².